The lowest BCUT2D eigenvalue weighted by molar-refractivity contribution is 0.0860. The van der Waals surface area contributed by atoms with Gasteiger partial charge in [-0.2, -0.15) is 0 Å². The topological polar surface area (TPSA) is 84.7 Å². The molecule has 0 bridgehead atoms. The minimum atomic E-state index is -0.280. The second-order valence-electron chi connectivity index (χ2n) is 5.06. The Morgan fingerprint density at radius 3 is 2.71 bits per heavy atom. The largest absolute Gasteiger partial charge is 0.450 e. The van der Waals surface area contributed by atoms with Crippen molar-refractivity contribution in [2.45, 2.75) is 25.8 Å². The zero-order valence-electron chi connectivity index (χ0n) is 12.2. The number of rotatable bonds is 3. The van der Waals surface area contributed by atoms with Gasteiger partial charge in [0.2, 0.25) is 0 Å². The summed E-state index contributed by atoms with van der Waals surface area (Å²) in [6.45, 7) is 3.36. The minimum absolute atomic E-state index is 0.0737. The molecule has 2 amide bonds. The van der Waals surface area contributed by atoms with Gasteiger partial charge >= 0.3 is 6.09 Å². The number of amides is 2. The Balaban J connectivity index is 1.83. The van der Waals surface area contributed by atoms with Crippen LogP contribution in [-0.4, -0.2) is 42.6 Å². The van der Waals surface area contributed by atoms with Crippen molar-refractivity contribution in [3.05, 3.63) is 29.8 Å². The van der Waals surface area contributed by atoms with Gasteiger partial charge in [0.05, 0.1) is 6.61 Å². The van der Waals surface area contributed by atoms with E-state index < -0.39 is 0 Å². The van der Waals surface area contributed by atoms with Crippen molar-refractivity contribution in [2.24, 2.45) is 0 Å². The second kappa shape index (κ2) is 6.97. The number of nitrogens with two attached hydrogens (primary N) is 1. The van der Waals surface area contributed by atoms with E-state index in [4.69, 9.17) is 10.5 Å². The van der Waals surface area contributed by atoms with E-state index in [-0.39, 0.29) is 18.0 Å². The van der Waals surface area contributed by atoms with E-state index in [1.165, 1.54) is 0 Å². The molecule has 1 fully saturated rings. The average Bonchev–Trinajstić information content (AvgIpc) is 2.48. The Morgan fingerprint density at radius 1 is 1.38 bits per heavy atom. The van der Waals surface area contributed by atoms with E-state index in [1.807, 2.05) is 0 Å². The van der Waals surface area contributed by atoms with Gasteiger partial charge in [-0.25, -0.2) is 4.79 Å². The molecule has 1 aromatic rings. The predicted molar refractivity (Wildman–Crippen MR) is 79.9 cm³/mol. The monoisotopic (exact) mass is 291 g/mol. The molecular weight excluding hydrogens is 270 g/mol. The predicted octanol–water partition coefficient (Wildman–Crippen LogP) is 1.62. The number of hydrogen-bond donors (Lipinski definition) is 2. The smallest absolute Gasteiger partial charge is 0.409 e. The number of ether oxygens (including phenoxy) is 1. The highest BCUT2D eigenvalue weighted by atomic mass is 16.6. The van der Waals surface area contributed by atoms with Gasteiger partial charge in [0, 0.05) is 30.4 Å². The lowest BCUT2D eigenvalue weighted by Gasteiger charge is -2.31. The molecule has 1 aliphatic rings. The molecule has 6 nitrogen and oxygen atoms in total. The molecule has 6 heteroatoms. The van der Waals surface area contributed by atoms with Crippen molar-refractivity contribution in [3.8, 4) is 0 Å². The van der Waals surface area contributed by atoms with Crippen LogP contribution in [-0.2, 0) is 4.74 Å². The SMILES string of the molecule is CCOC(=O)N1CCC(NC(=O)c2cccc(N)c2)CC1. The molecule has 0 atom stereocenters. The first kappa shape index (κ1) is 15.2. The molecule has 0 unspecified atom stereocenters. The van der Waals surface area contributed by atoms with E-state index in [0.717, 1.165) is 12.8 Å². The number of likely N-dealkylation sites (tertiary alicyclic amines) is 1. The van der Waals surface area contributed by atoms with Crippen LogP contribution in [0, 0.1) is 0 Å². The third-order valence-corrected chi connectivity index (χ3v) is 3.51. The standard InChI is InChI=1S/C15H21N3O3/c1-2-21-15(20)18-8-6-13(7-9-18)17-14(19)11-4-3-5-12(16)10-11/h3-5,10,13H,2,6-9,16H2,1H3,(H,17,19). The Morgan fingerprint density at radius 2 is 2.10 bits per heavy atom. The summed E-state index contributed by atoms with van der Waals surface area (Å²) in [4.78, 5) is 25.4. The first-order valence-corrected chi connectivity index (χ1v) is 7.18. The number of carbonyl (C=O) groups excluding carboxylic acids is 2. The Hall–Kier alpha value is -2.24. The van der Waals surface area contributed by atoms with E-state index in [9.17, 15) is 9.59 Å². The van der Waals surface area contributed by atoms with E-state index in [2.05, 4.69) is 5.32 Å². The van der Waals surface area contributed by atoms with Crippen LogP contribution in [0.1, 0.15) is 30.1 Å². The molecule has 0 aromatic heterocycles. The molecule has 3 N–H and O–H groups in total. The number of benzene rings is 1. The van der Waals surface area contributed by atoms with Crippen molar-refractivity contribution < 1.29 is 14.3 Å². The van der Waals surface area contributed by atoms with Crippen LogP contribution >= 0.6 is 0 Å². The number of carbonyl (C=O) groups is 2. The molecular formula is C15H21N3O3. The Labute approximate surface area is 124 Å². The third kappa shape index (κ3) is 4.11. The Kier molecular flexibility index (Phi) is 5.03. The van der Waals surface area contributed by atoms with Crippen LogP contribution in [0.3, 0.4) is 0 Å². The lowest BCUT2D eigenvalue weighted by atomic mass is 10.0. The van der Waals surface area contributed by atoms with Gasteiger partial charge in [0.25, 0.3) is 5.91 Å². The molecule has 0 saturated carbocycles. The molecule has 1 aliphatic heterocycles. The van der Waals surface area contributed by atoms with Gasteiger partial charge in [0.15, 0.2) is 0 Å². The summed E-state index contributed by atoms with van der Waals surface area (Å²) < 4.78 is 4.97. The van der Waals surface area contributed by atoms with E-state index in [0.29, 0.717) is 30.9 Å². The summed E-state index contributed by atoms with van der Waals surface area (Å²) in [7, 11) is 0. The van der Waals surface area contributed by atoms with Crippen LogP contribution in [0.15, 0.2) is 24.3 Å². The maximum Gasteiger partial charge on any atom is 0.409 e. The highest BCUT2D eigenvalue weighted by molar-refractivity contribution is 5.95. The number of piperidine rings is 1. The van der Waals surface area contributed by atoms with Crippen LogP contribution in [0.4, 0.5) is 10.5 Å². The van der Waals surface area contributed by atoms with Crippen molar-refractivity contribution in [1.29, 1.82) is 0 Å². The fourth-order valence-corrected chi connectivity index (χ4v) is 2.37. The first-order valence-electron chi connectivity index (χ1n) is 7.18. The van der Waals surface area contributed by atoms with Crippen LogP contribution in [0.5, 0.6) is 0 Å². The molecule has 1 aromatic carbocycles. The fraction of sp³-hybridized carbons (Fsp3) is 0.467. The molecule has 1 heterocycles. The number of nitrogen functional groups attached to an aromatic ring is 1. The molecule has 114 valence electrons. The molecule has 0 spiro atoms. The molecule has 21 heavy (non-hydrogen) atoms. The van der Waals surface area contributed by atoms with E-state index >= 15 is 0 Å². The Bertz CT molecular complexity index is 511. The van der Waals surface area contributed by atoms with Crippen molar-refractivity contribution in [2.75, 3.05) is 25.4 Å². The zero-order valence-corrected chi connectivity index (χ0v) is 12.2. The molecule has 2 rings (SSSR count). The van der Waals surface area contributed by atoms with Gasteiger partial charge in [-0.15, -0.1) is 0 Å². The number of anilines is 1. The first-order chi connectivity index (χ1) is 10.1. The fourth-order valence-electron chi connectivity index (χ4n) is 2.37. The summed E-state index contributed by atoms with van der Waals surface area (Å²) in [5, 5.41) is 2.98. The summed E-state index contributed by atoms with van der Waals surface area (Å²) >= 11 is 0. The summed E-state index contributed by atoms with van der Waals surface area (Å²) in [6.07, 6.45) is 1.18. The lowest BCUT2D eigenvalue weighted by Crippen LogP contribution is -2.46. The number of nitrogens with one attached hydrogen (secondary N) is 1. The summed E-state index contributed by atoms with van der Waals surface area (Å²) in [5.41, 5.74) is 6.80. The highest BCUT2D eigenvalue weighted by Gasteiger charge is 2.24. The second-order valence-corrected chi connectivity index (χ2v) is 5.06. The van der Waals surface area contributed by atoms with Gasteiger partial charge in [-0.3, -0.25) is 4.79 Å². The van der Waals surface area contributed by atoms with E-state index in [1.54, 1.807) is 36.1 Å². The molecule has 1 saturated heterocycles. The number of hydrogen-bond acceptors (Lipinski definition) is 4. The third-order valence-electron chi connectivity index (χ3n) is 3.51. The van der Waals surface area contributed by atoms with Crippen molar-refractivity contribution in [1.82, 2.24) is 10.2 Å². The molecule has 0 aliphatic carbocycles. The highest BCUT2D eigenvalue weighted by Crippen LogP contribution is 2.13. The summed E-state index contributed by atoms with van der Waals surface area (Å²) in [6, 6.07) is 6.97. The quantitative estimate of drug-likeness (QED) is 0.829. The van der Waals surface area contributed by atoms with Crippen molar-refractivity contribution >= 4 is 17.7 Å². The maximum atomic E-state index is 12.1. The molecule has 0 radical (unpaired) electrons. The average molecular weight is 291 g/mol. The maximum absolute atomic E-state index is 12.1. The van der Waals surface area contributed by atoms with Gasteiger partial charge in [-0.1, -0.05) is 6.07 Å². The summed E-state index contributed by atoms with van der Waals surface area (Å²) in [5.74, 6) is -0.128. The van der Waals surface area contributed by atoms with Gasteiger partial charge < -0.3 is 20.7 Å². The van der Waals surface area contributed by atoms with Gasteiger partial charge in [-0.05, 0) is 38.0 Å². The number of nitrogens with zero attached hydrogens (tertiary/aromatic N) is 1. The van der Waals surface area contributed by atoms with Gasteiger partial charge in [0.1, 0.15) is 0 Å². The minimum Gasteiger partial charge on any atom is -0.450 e. The van der Waals surface area contributed by atoms with Crippen LogP contribution in [0.2, 0.25) is 0 Å². The van der Waals surface area contributed by atoms with Crippen LogP contribution < -0.4 is 11.1 Å². The van der Waals surface area contributed by atoms with Crippen molar-refractivity contribution in [3.63, 3.8) is 0 Å². The normalized spacial score (nSPS) is 15.6. The van der Waals surface area contributed by atoms with Crippen LogP contribution in [0.25, 0.3) is 0 Å². The zero-order chi connectivity index (χ0) is 15.2.